The summed E-state index contributed by atoms with van der Waals surface area (Å²) in [5, 5.41) is 12.1. The normalized spacial score (nSPS) is 17.5. The molecule has 1 aliphatic rings. The van der Waals surface area contributed by atoms with Crippen LogP contribution in [0.4, 0.5) is 5.13 Å². The fourth-order valence-electron chi connectivity index (χ4n) is 3.98. The molecule has 0 radical (unpaired) electrons. The van der Waals surface area contributed by atoms with E-state index in [0.717, 1.165) is 10.3 Å². The number of benzene rings is 3. The molecule has 0 bridgehead atoms. The van der Waals surface area contributed by atoms with Crippen molar-refractivity contribution in [1.82, 2.24) is 4.98 Å². The first-order valence-corrected chi connectivity index (χ1v) is 11.6. The van der Waals surface area contributed by atoms with E-state index in [1.807, 2.05) is 25.1 Å². The minimum Gasteiger partial charge on any atom is -0.507 e. The van der Waals surface area contributed by atoms with Crippen molar-refractivity contribution in [2.45, 2.75) is 13.0 Å². The molecule has 1 aliphatic heterocycles. The second-order valence-corrected chi connectivity index (χ2v) is 9.36. The van der Waals surface area contributed by atoms with Crippen molar-refractivity contribution in [2.24, 2.45) is 0 Å². The maximum atomic E-state index is 13.3. The van der Waals surface area contributed by atoms with Gasteiger partial charge in [0.1, 0.15) is 11.5 Å². The first-order valence-electron chi connectivity index (χ1n) is 10.5. The summed E-state index contributed by atoms with van der Waals surface area (Å²) in [6, 6.07) is 18.5. The number of aryl methyl sites for hydroxylation is 1. The number of carbonyl (C=O) groups excluding carboxylic acids is 2. The number of carbonyl (C=O) groups is 2. The molecule has 0 spiro atoms. The third-order valence-electron chi connectivity index (χ3n) is 5.75. The molecule has 1 saturated heterocycles. The minimum atomic E-state index is -0.860. The van der Waals surface area contributed by atoms with E-state index >= 15 is 0 Å². The van der Waals surface area contributed by atoms with Gasteiger partial charge in [0.2, 0.25) is 0 Å². The second-order valence-electron chi connectivity index (χ2n) is 7.92. The smallest absolute Gasteiger partial charge is 0.301 e. The number of nitrogens with zero attached hydrogens (tertiary/aromatic N) is 2. The Bertz CT molecular complexity index is 1460. The van der Waals surface area contributed by atoms with Gasteiger partial charge in [-0.3, -0.25) is 14.5 Å². The van der Waals surface area contributed by atoms with E-state index in [1.165, 1.54) is 16.2 Å². The van der Waals surface area contributed by atoms with Crippen molar-refractivity contribution in [1.29, 1.82) is 0 Å². The van der Waals surface area contributed by atoms with Crippen molar-refractivity contribution < 1.29 is 19.4 Å². The molecule has 0 unspecified atom stereocenters. The maximum Gasteiger partial charge on any atom is 0.301 e. The van der Waals surface area contributed by atoms with Gasteiger partial charge in [-0.1, -0.05) is 64.9 Å². The van der Waals surface area contributed by atoms with Gasteiger partial charge in [-0.25, -0.2) is 4.98 Å². The minimum absolute atomic E-state index is 0.00742. The lowest BCUT2D eigenvalue weighted by Crippen LogP contribution is -2.29. The Hall–Kier alpha value is -3.68. The third-order valence-corrected chi connectivity index (χ3v) is 7.02. The van der Waals surface area contributed by atoms with Crippen molar-refractivity contribution in [3.63, 3.8) is 0 Å². The predicted octanol–water partition coefficient (Wildman–Crippen LogP) is 5.89. The summed E-state index contributed by atoms with van der Waals surface area (Å²) in [4.78, 5) is 32.5. The summed E-state index contributed by atoms with van der Waals surface area (Å²) in [5.41, 5.74) is 2.78. The molecule has 3 aromatic carbocycles. The van der Waals surface area contributed by atoms with Crippen LogP contribution in [-0.2, 0) is 9.59 Å². The summed E-state index contributed by atoms with van der Waals surface area (Å²) < 4.78 is 6.10. The van der Waals surface area contributed by atoms with E-state index in [0.29, 0.717) is 32.5 Å². The summed E-state index contributed by atoms with van der Waals surface area (Å²) in [6.45, 7) is 1.93. The summed E-state index contributed by atoms with van der Waals surface area (Å²) in [6.07, 6.45) is 0. The molecule has 1 N–H and O–H groups in total. The van der Waals surface area contributed by atoms with Crippen molar-refractivity contribution in [2.75, 3.05) is 12.0 Å². The first kappa shape index (κ1) is 22.1. The van der Waals surface area contributed by atoms with Crippen LogP contribution in [0, 0.1) is 6.92 Å². The van der Waals surface area contributed by atoms with Crippen LogP contribution in [0.5, 0.6) is 5.75 Å². The summed E-state index contributed by atoms with van der Waals surface area (Å²) >= 11 is 7.36. The van der Waals surface area contributed by atoms with Gasteiger partial charge in [-0.15, -0.1) is 0 Å². The van der Waals surface area contributed by atoms with Gasteiger partial charge in [-0.2, -0.15) is 0 Å². The third kappa shape index (κ3) is 3.73. The molecule has 5 rings (SSSR count). The molecule has 4 aromatic rings. The Labute approximate surface area is 204 Å². The zero-order valence-electron chi connectivity index (χ0n) is 18.3. The first-order chi connectivity index (χ1) is 16.4. The van der Waals surface area contributed by atoms with Gasteiger partial charge in [0.05, 0.1) is 28.9 Å². The molecule has 170 valence electrons. The average Bonchev–Trinajstić information content (AvgIpc) is 3.37. The average molecular weight is 491 g/mol. The summed E-state index contributed by atoms with van der Waals surface area (Å²) in [5.74, 6) is -1.09. The maximum absolute atomic E-state index is 13.3. The molecule has 1 amide bonds. The highest BCUT2D eigenvalue weighted by molar-refractivity contribution is 7.22. The molecule has 8 heteroatoms. The van der Waals surface area contributed by atoms with Crippen LogP contribution in [0.25, 0.3) is 16.0 Å². The van der Waals surface area contributed by atoms with Crippen molar-refractivity contribution in [3.8, 4) is 5.75 Å². The number of aliphatic hydroxyl groups is 1. The largest absolute Gasteiger partial charge is 0.507 e. The van der Waals surface area contributed by atoms with E-state index in [4.69, 9.17) is 16.3 Å². The highest BCUT2D eigenvalue weighted by atomic mass is 35.5. The van der Waals surface area contributed by atoms with E-state index in [2.05, 4.69) is 4.98 Å². The molecule has 1 aromatic heterocycles. The number of ketones is 1. The quantitative estimate of drug-likeness (QED) is 0.219. The van der Waals surface area contributed by atoms with Crippen LogP contribution >= 0.6 is 22.9 Å². The van der Waals surface area contributed by atoms with Gasteiger partial charge in [0.25, 0.3) is 5.78 Å². The van der Waals surface area contributed by atoms with Crippen LogP contribution in [-0.4, -0.2) is 28.9 Å². The molecule has 34 heavy (non-hydrogen) atoms. The fourth-order valence-corrected chi connectivity index (χ4v) is 5.13. The number of anilines is 1. The number of thiazole rings is 1. The number of fused-ring (bicyclic) bond motifs is 1. The van der Waals surface area contributed by atoms with Crippen LogP contribution in [0.3, 0.4) is 0 Å². The van der Waals surface area contributed by atoms with Gasteiger partial charge >= 0.3 is 5.91 Å². The van der Waals surface area contributed by atoms with Crippen LogP contribution in [0.1, 0.15) is 22.7 Å². The van der Waals surface area contributed by atoms with Gasteiger partial charge in [0.15, 0.2) is 5.13 Å². The van der Waals surface area contributed by atoms with Crippen LogP contribution in [0.2, 0.25) is 5.02 Å². The molecule has 1 atom stereocenters. The number of halogens is 1. The number of rotatable bonds is 4. The highest BCUT2D eigenvalue weighted by Gasteiger charge is 2.48. The SMILES string of the molecule is COc1ccc2nc(N3C(=O)C(=O)/C(=C(/O)c4ccc(C)cc4)[C@H]3c3ccc(Cl)cc3)sc2c1. The van der Waals surface area contributed by atoms with Crippen LogP contribution in [0.15, 0.2) is 72.3 Å². The highest BCUT2D eigenvalue weighted by Crippen LogP contribution is 2.44. The fraction of sp³-hybridized carbons (Fsp3) is 0.115. The number of Topliss-reactive ketones (excluding diaryl/α,β-unsaturated/α-hetero) is 1. The van der Waals surface area contributed by atoms with E-state index in [9.17, 15) is 14.7 Å². The predicted molar refractivity (Wildman–Crippen MR) is 134 cm³/mol. The zero-order valence-corrected chi connectivity index (χ0v) is 19.9. The van der Waals surface area contributed by atoms with Crippen molar-refractivity contribution in [3.05, 3.63) is 94.0 Å². The van der Waals surface area contributed by atoms with Gasteiger partial charge in [0, 0.05) is 10.6 Å². The van der Waals surface area contributed by atoms with Gasteiger partial charge < -0.3 is 9.84 Å². The molecule has 0 aliphatic carbocycles. The Morgan fingerprint density at radius 3 is 2.44 bits per heavy atom. The lowest BCUT2D eigenvalue weighted by Gasteiger charge is -2.23. The van der Waals surface area contributed by atoms with E-state index < -0.39 is 17.7 Å². The number of ether oxygens (including phenoxy) is 1. The molecule has 2 heterocycles. The number of aliphatic hydroxyl groups excluding tert-OH is 1. The molecule has 0 saturated carbocycles. The standard InChI is InChI=1S/C26H19ClN2O4S/c1-14-3-5-16(6-4-14)23(30)21-22(15-7-9-17(27)10-8-15)29(25(32)24(21)31)26-28-19-12-11-18(33-2)13-20(19)34-26/h3-13,22,30H,1-2H3/b23-21+/t22-/m1/s1. The Morgan fingerprint density at radius 1 is 1.06 bits per heavy atom. The monoisotopic (exact) mass is 490 g/mol. The lowest BCUT2D eigenvalue weighted by molar-refractivity contribution is -0.132. The van der Waals surface area contributed by atoms with Gasteiger partial charge in [-0.05, 0) is 42.8 Å². The van der Waals surface area contributed by atoms with E-state index in [1.54, 1.807) is 55.6 Å². The second kappa shape index (κ2) is 8.59. The molecule has 6 nitrogen and oxygen atoms in total. The number of hydrogen-bond acceptors (Lipinski definition) is 6. The van der Waals surface area contributed by atoms with Crippen LogP contribution < -0.4 is 9.64 Å². The zero-order chi connectivity index (χ0) is 24.0. The lowest BCUT2D eigenvalue weighted by atomic mass is 9.95. The van der Waals surface area contributed by atoms with E-state index in [-0.39, 0.29) is 11.3 Å². The number of amides is 1. The Morgan fingerprint density at radius 2 is 1.76 bits per heavy atom. The van der Waals surface area contributed by atoms with Crippen molar-refractivity contribution >= 4 is 55.7 Å². The Balaban J connectivity index is 1.71. The summed E-state index contributed by atoms with van der Waals surface area (Å²) in [7, 11) is 1.58. The Kier molecular flexibility index (Phi) is 5.59. The molecule has 1 fully saturated rings. The number of hydrogen-bond donors (Lipinski definition) is 1. The topological polar surface area (TPSA) is 79.7 Å². The number of aromatic nitrogens is 1. The number of methoxy groups -OCH3 is 1. The molecular weight excluding hydrogens is 472 g/mol. The molecular formula is C26H19ClN2O4S.